The number of aromatic nitrogens is 1. The molecule has 0 aliphatic carbocycles. The molecular weight excluding hydrogens is 545 g/mol. The zero-order valence-electron chi connectivity index (χ0n) is 20.9. The third kappa shape index (κ3) is 4.42. The summed E-state index contributed by atoms with van der Waals surface area (Å²) in [6, 6.07) is 14.1. The summed E-state index contributed by atoms with van der Waals surface area (Å²) in [6.07, 6.45) is 0.352. The normalized spacial score (nSPS) is 19.7. The molecule has 0 spiro atoms. The molecule has 1 aromatic heterocycles. The third-order valence-electron chi connectivity index (χ3n) is 7.00. The van der Waals surface area contributed by atoms with Gasteiger partial charge in [-0.05, 0) is 23.3 Å². The summed E-state index contributed by atoms with van der Waals surface area (Å²) in [7, 11) is 1.18. The van der Waals surface area contributed by atoms with Crippen LogP contribution in [0, 0.1) is 5.82 Å². The summed E-state index contributed by atoms with van der Waals surface area (Å²) in [5.74, 6) is 0.145. The summed E-state index contributed by atoms with van der Waals surface area (Å²) >= 11 is 7.48. The van der Waals surface area contributed by atoms with Crippen molar-refractivity contribution in [3.8, 4) is 5.75 Å². The molecule has 0 radical (unpaired) electrons. The van der Waals surface area contributed by atoms with E-state index >= 15 is 4.39 Å². The predicted octanol–water partition coefficient (Wildman–Crippen LogP) is 3.79. The topological polar surface area (TPSA) is 82.5 Å². The third-order valence-corrected chi connectivity index (χ3v) is 8.55. The number of rotatable bonds is 4. The van der Waals surface area contributed by atoms with Gasteiger partial charge in [0.1, 0.15) is 22.7 Å². The molecule has 0 amide bonds. The molecule has 2 aromatic carbocycles. The minimum atomic E-state index is -0.941. The highest BCUT2D eigenvalue weighted by molar-refractivity contribution is 7.98. The maximum Gasteiger partial charge on any atom is 0.510 e. The van der Waals surface area contributed by atoms with Crippen molar-refractivity contribution in [2.45, 2.75) is 22.9 Å². The number of morpholine rings is 1. The lowest BCUT2D eigenvalue weighted by Gasteiger charge is -2.52. The number of halogens is 1. The average molecular weight is 570 g/mol. The first-order chi connectivity index (χ1) is 19.0. The molecule has 3 aliphatic heterocycles. The van der Waals surface area contributed by atoms with Crippen molar-refractivity contribution in [1.29, 1.82) is 0 Å². The Kier molecular flexibility index (Phi) is 6.92. The monoisotopic (exact) mass is 569 g/mol. The zero-order chi connectivity index (χ0) is 27.1. The second-order valence-electron chi connectivity index (χ2n) is 9.03. The number of thioether (sulfide) groups is 1. The Hall–Kier alpha value is -3.61. The first-order valence-corrected chi connectivity index (χ1v) is 13.6. The highest BCUT2D eigenvalue weighted by Gasteiger charge is 2.44. The van der Waals surface area contributed by atoms with Crippen LogP contribution < -0.4 is 15.2 Å². The van der Waals surface area contributed by atoms with Crippen LogP contribution in [0.4, 0.5) is 9.18 Å². The summed E-state index contributed by atoms with van der Waals surface area (Å²) in [6.45, 7) is 0.737. The molecule has 0 saturated carbocycles. The van der Waals surface area contributed by atoms with Gasteiger partial charge in [-0.2, -0.15) is 0 Å². The van der Waals surface area contributed by atoms with Crippen molar-refractivity contribution < 1.29 is 28.1 Å². The number of carbonyl (C=O) groups is 1. The first-order valence-electron chi connectivity index (χ1n) is 12.2. The lowest BCUT2D eigenvalue weighted by atomic mass is 9.93. The Morgan fingerprint density at radius 1 is 1.18 bits per heavy atom. The van der Waals surface area contributed by atoms with Gasteiger partial charge in [-0.1, -0.05) is 42.5 Å². The van der Waals surface area contributed by atoms with Crippen LogP contribution in [0.25, 0.3) is 0 Å². The van der Waals surface area contributed by atoms with E-state index in [4.69, 9.17) is 26.4 Å². The number of hydrogen-bond donors (Lipinski definition) is 0. The molecule has 9 nitrogen and oxygen atoms in total. The molecule has 0 unspecified atom stereocenters. The maximum absolute atomic E-state index is 15.2. The molecule has 1 saturated heterocycles. The summed E-state index contributed by atoms with van der Waals surface area (Å²) in [4.78, 5) is 28.0. The molecule has 0 N–H and O–H groups in total. The van der Waals surface area contributed by atoms with Crippen molar-refractivity contribution in [3.63, 3.8) is 0 Å². The molecule has 12 heteroatoms. The number of nitrogens with zero attached hydrogens (tertiary/aromatic N) is 3. The van der Waals surface area contributed by atoms with Crippen LogP contribution >= 0.6 is 24.0 Å². The predicted molar refractivity (Wildman–Crippen MR) is 145 cm³/mol. The molecule has 2 atom stereocenters. The van der Waals surface area contributed by atoms with Gasteiger partial charge in [0.05, 0.1) is 26.4 Å². The minimum absolute atomic E-state index is 0.0582. The van der Waals surface area contributed by atoms with E-state index in [2.05, 4.69) is 9.75 Å². The number of methoxy groups -OCH3 is 1. The van der Waals surface area contributed by atoms with Gasteiger partial charge in [-0.3, -0.25) is 14.5 Å². The van der Waals surface area contributed by atoms with Gasteiger partial charge < -0.3 is 23.8 Å². The summed E-state index contributed by atoms with van der Waals surface area (Å²) < 4.78 is 38.0. The summed E-state index contributed by atoms with van der Waals surface area (Å²) in [5, 5.41) is 2.07. The van der Waals surface area contributed by atoms with Crippen LogP contribution in [0.3, 0.4) is 0 Å². The van der Waals surface area contributed by atoms with Crippen molar-refractivity contribution in [1.82, 2.24) is 9.58 Å². The molecule has 39 heavy (non-hydrogen) atoms. The fourth-order valence-electron chi connectivity index (χ4n) is 5.28. The number of fused-ring (bicyclic) bond motifs is 4. The van der Waals surface area contributed by atoms with Crippen molar-refractivity contribution >= 4 is 35.1 Å². The number of hydrogen-bond acceptors (Lipinski definition) is 9. The zero-order valence-corrected chi connectivity index (χ0v) is 22.5. The second-order valence-corrected chi connectivity index (χ2v) is 10.4. The van der Waals surface area contributed by atoms with Crippen LogP contribution in [-0.4, -0.2) is 60.5 Å². The standard InChI is InChI=1S/C27H24FN3O6S2/c1-34-27(33)37-15-36-25-20(32)9-10-30-24(25)26(38)29-11-12-35-13-22(29)31(30)23-16-6-4-7-19(28)18(16)14-39-21-8-3-2-5-17(21)23/h2-10,22-23H,11-15H2,1H3/t22-,23+/m1/s1. The first kappa shape index (κ1) is 25.7. The highest BCUT2D eigenvalue weighted by atomic mass is 32.2. The van der Waals surface area contributed by atoms with Gasteiger partial charge in [0.25, 0.3) is 0 Å². The van der Waals surface area contributed by atoms with Gasteiger partial charge >= 0.3 is 6.16 Å². The van der Waals surface area contributed by atoms with Crippen LogP contribution in [0.15, 0.2) is 64.4 Å². The molecule has 0 bridgehead atoms. The number of pyridine rings is 1. The Morgan fingerprint density at radius 2 is 2.00 bits per heavy atom. The maximum atomic E-state index is 15.2. The van der Waals surface area contributed by atoms with Crippen LogP contribution in [0.1, 0.15) is 28.4 Å². The quantitative estimate of drug-likeness (QED) is 0.263. The Bertz CT molecular complexity index is 1520. The van der Waals surface area contributed by atoms with E-state index in [0.29, 0.717) is 41.8 Å². The molecule has 6 rings (SSSR count). The van der Waals surface area contributed by atoms with E-state index in [-0.39, 0.29) is 17.7 Å². The molecule has 3 aliphatic rings. The molecular formula is C27H24FN3O6S2. The van der Waals surface area contributed by atoms with Gasteiger partial charge in [0.15, 0.2) is 5.75 Å². The lowest BCUT2D eigenvalue weighted by molar-refractivity contribution is 0.00642. The minimum Gasteiger partial charge on any atom is -0.451 e. The Labute approximate surface area is 233 Å². The van der Waals surface area contributed by atoms with E-state index in [9.17, 15) is 9.59 Å². The van der Waals surface area contributed by atoms with Crippen LogP contribution in [-0.2, 0) is 20.0 Å². The second kappa shape index (κ2) is 10.5. The van der Waals surface area contributed by atoms with Gasteiger partial charge in [-0.25, -0.2) is 9.18 Å². The molecule has 3 aromatic rings. The number of carbonyl (C=O) groups excluding carboxylic acids is 1. The Morgan fingerprint density at radius 3 is 2.85 bits per heavy atom. The van der Waals surface area contributed by atoms with Gasteiger partial charge in [0, 0.05) is 35.0 Å². The highest BCUT2D eigenvalue weighted by Crippen LogP contribution is 2.45. The van der Waals surface area contributed by atoms with Crippen LogP contribution in [0.5, 0.6) is 5.75 Å². The number of ether oxygens (including phenoxy) is 4. The number of benzene rings is 2. The number of thiocarbonyl (C=S) groups is 1. The smallest absolute Gasteiger partial charge is 0.451 e. The Balaban J connectivity index is 1.57. The fourth-order valence-corrected chi connectivity index (χ4v) is 6.80. The van der Waals surface area contributed by atoms with E-state index < -0.39 is 24.4 Å². The molecule has 4 heterocycles. The van der Waals surface area contributed by atoms with Gasteiger partial charge in [-0.15, -0.1) is 11.8 Å². The molecule has 1 fully saturated rings. The fraction of sp³-hybridized carbons (Fsp3) is 0.296. The van der Waals surface area contributed by atoms with Gasteiger partial charge in [0.2, 0.25) is 12.2 Å². The van der Waals surface area contributed by atoms with Crippen LogP contribution in [0.2, 0.25) is 0 Å². The largest absolute Gasteiger partial charge is 0.510 e. The van der Waals surface area contributed by atoms with Crippen molar-refractivity contribution in [3.05, 3.63) is 93.2 Å². The van der Waals surface area contributed by atoms with E-state index in [1.165, 1.54) is 19.2 Å². The summed E-state index contributed by atoms with van der Waals surface area (Å²) in [5.41, 5.74) is 2.34. The van der Waals surface area contributed by atoms with E-state index in [1.807, 2.05) is 35.2 Å². The van der Waals surface area contributed by atoms with Crippen molar-refractivity contribution in [2.75, 3.05) is 38.7 Å². The molecule has 202 valence electrons. The SMILES string of the molecule is COC(=O)OCOc1c2n(ccc1=O)N([C@@H]1c3ccccc3SCc3c(F)cccc31)[C@@H]1COCCN1C2=S. The van der Waals surface area contributed by atoms with E-state index in [1.54, 1.807) is 28.7 Å². The average Bonchev–Trinajstić information content (AvgIpc) is 3.12. The van der Waals surface area contributed by atoms with Crippen molar-refractivity contribution in [2.24, 2.45) is 0 Å². The lowest BCUT2D eigenvalue weighted by Crippen LogP contribution is -2.66. The van der Waals surface area contributed by atoms with E-state index in [0.717, 1.165) is 16.0 Å².